The Kier molecular flexibility index (Phi) is 5.92. The standard InChI is InChI=1S/C19H20N4O2/c1-5-12(6-2)18-19(23-15(11-21)14(10-20)22-18)13-7-8-16(24-3)17(9-13)25-4/h7-9,12H,5-6H2,1-4H3. The Morgan fingerprint density at radius 2 is 1.56 bits per heavy atom. The quantitative estimate of drug-likeness (QED) is 0.796. The van der Waals surface area contributed by atoms with E-state index in [4.69, 9.17) is 9.47 Å². The van der Waals surface area contributed by atoms with Gasteiger partial charge in [-0.3, -0.25) is 0 Å². The Bertz CT molecular complexity index is 846. The van der Waals surface area contributed by atoms with E-state index in [0.717, 1.165) is 24.1 Å². The maximum absolute atomic E-state index is 9.30. The summed E-state index contributed by atoms with van der Waals surface area (Å²) >= 11 is 0. The molecule has 128 valence electrons. The first-order chi connectivity index (χ1) is 12.1. The molecule has 0 aliphatic carbocycles. The molecule has 0 saturated heterocycles. The van der Waals surface area contributed by atoms with Gasteiger partial charge in [0, 0.05) is 11.5 Å². The molecule has 0 fully saturated rings. The van der Waals surface area contributed by atoms with E-state index in [1.54, 1.807) is 20.3 Å². The van der Waals surface area contributed by atoms with E-state index >= 15 is 0 Å². The predicted octanol–water partition coefficient (Wildman–Crippen LogP) is 3.81. The third-order valence-corrected chi connectivity index (χ3v) is 4.16. The molecule has 1 heterocycles. The average molecular weight is 336 g/mol. The van der Waals surface area contributed by atoms with E-state index < -0.39 is 0 Å². The molecule has 25 heavy (non-hydrogen) atoms. The maximum Gasteiger partial charge on any atom is 0.177 e. The zero-order chi connectivity index (χ0) is 18.4. The summed E-state index contributed by atoms with van der Waals surface area (Å²) in [6.45, 7) is 4.14. The van der Waals surface area contributed by atoms with Crippen molar-refractivity contribution in [3.63, 3.8) is 0 Å². The van der Waals surface area contributed by atoms with Gasteiger partial charge in [0.25, 0.3) is 0 Å². The predicted molar refractivity (Wildman–Crippen MR) is 93.3 cm³/mol. The first kappa shape index (κ1) is 18.2. The Labute approximate surface area is 147 Å². The summed E-state index contributed by atoms with van der Waals surface area (Å²) in [5.74, 6) is 1.33. The summed E-state index contributed by atoms with van der Waals surface area (Å²) in [7, 11) is 3.14. The highest BCUT2D eigenvalue weighted by molar-refractivity contribution is 5.67. The van der Waals surface area contributed by atoms with Crippen molar-refractivity contribution >= 4 is 0 Å². The molecule has 6 heteroatoms. The van der Waals surface area contributed by atoms with Crippen molar-refractivity contribution in [3.05, 3.63) is 35.3 Å². The largest absolute Gasteiger partial charge is 0.493 e. The number of rotatable bonds is 6. The smallest absolute Gasteiger partial charge is 0.177 e. The monoisotopic (exact) mass is 336 g/mol. The second-order valence-corrected chi connectivity index (χ2v) is 5.46. The van der Waals surface area contributed by atoms with Crippen LogP contribution in [0.3, 0.4) is 0 Å². The van der Waals surface area contributed by atoms with Gasteiger partial charge in [-0.05, 0) is 31.0 Å². The molecule has 0 N–H and O–H groups in total. The number of hydrogen-bond donors (Lipinski definition) is 0. The van der Waals surface area contributed by atoms with Crippen LogP contribution in [0.15, 0.2) is 18.2 Å². The Hall–Kier alpha value is -3.12. The van der Waals surface area contributed by atoms with Gasteiger partial charge in [-0.2, -0.15) is 10.5 Å². The van der Waals surface area contributed by atoms with E-state index in [-0.39, 0.29) is 17.3 Å². The number of aromatic nitrogens is 2. The van der Waals surface area contributed by atoms with Crippen molar-refractivity contribution < 1.29 is 9.47 Å². The third-order valence-electron chi connectivity index (χ3n) is 4.16. The number of nitriles is 2. The van der Waals surface area contributed by atoms with Crippen LogP contribution in [-0.4, -0.2) is 24.2 Å². The average Bonchev–Trinajstić information content (AvgIpc) is 2.67. The molecule has 0 atom stereocenters. The molecule has 0 bridgehead atoms. The zero-order valence-corrected chi connectivity index (χ0v) is 14.8. The van der Waals surface area contributed by atoms with Gasteiger partial charge in [-0.1, -0.05) is 13.8 Å². The number of benzene rings is 1. The lowest BCUT2D eigenvalue weighted by molar-refractivity contribution is 0.355. The van der Waals surface area contributed by atoms with Crippen molar-refractivity contribution in [2.45, 2.75) is 32.6 Å². The fourth-order valence-electron chi connectivity index (χ4n) is 2.76. The van der Waals surface area contributed by atoms with Crippen molar-refractivity contribution in [1.82, 2.24) is 9.97 Å². The lowest BCUT2D eigenvalue weighted by Gasteiger charge is -2.17. The van der Waals surface area contributed by atoms with Crippen molar-refractivity contribution in [1.29, 1.82) is 10.5 Å². The Morgan fingerprint density at radius 3 is 2.08 bits per heavy atom. The number of ether oxygens (including phenoxy) is 2. The van der Waals surface area contributed by atoms with Crippen molar-refractivity contribution in [3.8, 4) is 34.9 Å². The number of nitrogens with zero attached hydrogens (tertiary/aromatic N) is 4. The second-order valence-electron chi connectivity index (χ2n) is 5.46. The van der Waals surface area contributed by atoms with Crippen LogP contribution in [-0.2, 0) is 0 Å². The van der Waals surface area contributed by atoms with Gasteiger partial charge in [0.2, 0.25) is 0 Å². The Balaban J connectivity index is 2.75. The van der Waals surface area contributed by atoms with Crippen LogP contribution in [0.1, 0.15) is 49.7 Å². The summed E-state index contributed by atoms with van der Waals surface area (Å²) in [5.41, 5.74) is 2.20. The summed E-state index contributed by atoms with van der Waals surface area (Å²) in [5, 5.41) is 18.6. The van der Waals surface area contributed by atoms with Gasteiger partial charge in [-0.15, -0.1) is 0 Å². The van der Waals surface area contributed by atoms with Crippen molar-refractivity contribution in [2.75, 3.05) is 14.2 Å². The summed E-state index contributed by atoms with van der Waals surface area (Å²) in [6, 6.07) is 9.37. The molecule has 1 aromatic carbocycles. The lowest BCUT2D eigenvalue weighted by Crippen LogP contribution is -2.08. The first-order valence-corrected chi connectivity index (χ1v) is 8.07. The number of methoxy groups -OCH3 is 2. The van der Waals surface area contributed by atoms with E-state index in [1.807, 2.05) is 24.3 Å². The van der Waals surface area contributed by atoms with Gasteiger partial charge >= 0.3 is 0 Å². The molecule has 0 radical (unpaired) electrons. The van der Waals surface area contributed by atoms with Crippen LogP contribution in [0.2, 0.25) is 0 Å². The molecule has 2 aromatic rings. The molecule has 1 aromatic heterocycles. The molecule has 0 amide bonds. The van der Waals surface area contributed by atoms with Gasteiger partial charge in [0.15, 0.2) is 22.9 Å². The fraction of sp³-hybridized carbons (Fsp3) is 0.368. The van der Waals surface area contributed by atoms with Gasteiger partial charge in [0.05, 0.1) is 25.6 Å². The molecule has 0 spiro atoms. The Morgan fingerprint density at radius 1 is 0.960 bits per heavy atom. The lowest BCUT2D eigenvalue weighted by atomic mass is 9.94. The third kappa shape index (κ3) is 3.54. The zero-order valence-electron chi connectivity index (χ0n) is 14.8. The molecular formula is C19H20N4O2. The number of hydrogen-bond acceptors (Lipinski definition) is 6. The van der Waals surface area contributed by atoms with E-state index in [2.05, 4.69) is 23.8 Å². The minimum absolute atomic E-state index is 0.0296. The summed E-state index contributed by atoms with van der Waals surface area (Å²) < 4.78 is 10.6. The van der Waals surface area contributed by atoms with Gasteiger partial charge in [0.1, 0.15) is 12.1 Å². The molecular weight excluding hydrogens is 316 g/mol. The van der Waals surface area contributed by atoms with Crippen molar-refractivity contribution in [2.24, 2.45) is 0 Å². The molecule has 6 nitrogen and oxygen atoms in total. The molecule has 0 aliphatic heterocycles. The van der Waals surface area contributed by atoms with E-state index in [0.29, 0.717) is 17.2 Å². The molecule has 0 unspecified atom stereocenters. The molecule has 2 rings (SSSR count). The summed E-state index contributed by atoms with van der Waals surface area (Å²) in [4.78, 5) is 8.90. The van der Waals surface area contributed by atoms with E-state index in [1.165, 1.54) is 0 Å². The van der Waals surface area contributed by atoms with Crippen LogP contribution >= 0.6 is 0 Å². The van der Waals surface area contributed by atoms with Gasteiger partial charge in [-0.25, -0.2) is 9.97 Å². The van der Waals surface area contributed by atoms with Gasteiger partial charge < -0.3 is 9.47 Å². The van der Waals surface area contributed by atoms with Crippen LogP contribution in [0, 0.1) is 22.7 Å². The SMILES string of the molecule is CCC(CC)c1nc(C#N)c(C#N)nc1-c1ccc(OC)c(OC)c1. The second kappa shape index (κ2) is 8.12. The minimum Gasteiger partial charge on any atom is -0.493 e. The maximum atomic E-state index is 9.30. The summed E-state index contributed by atoms with van der Waals surface area (Å²) in [6.07, 6.45) is 1.73. The fourth-order valence-corrected chi connectivity index (χ4v) is 2.76. The molecule has 0 saturated carbocycles. The van der Waals surface area contributed by atoms with E-state index in [9.17, 15) is 10.5 Å². The highest BCUT2D eigenvalue weighted by Gasteiger charge is 2.21. The van der Waals surface area contributed by atoms with Crippen LogP contribution in [0.4, 0.5) is 0 Å². The van der Waals surface area contributed by atoms with Crippen LogP contribution in [0.25, 0.3) is 11.3 Å². The molecule has 0 aliphatic rings. The minimum atomic E-state index is 0.0296. The highest BCUT2D eigenvalue weighted by Crippen LogP contribution is 2.36. The normalized spacial score (nSPS) is 10.2. The highest BCUT2D eigenvalue weighted by atomic mass is 16.5. The first-order valence-electron chi connectivity index (χ1n) is 8.07. The van der Waals surface area contributed by atoms with Crippen LogP contribution in [0.5, 0.6) is 11.5 Å². The topological polar surface area (TPSA) is 91.8 Å². The van der Waals surface area contributed by atoms with Crippen LogP contribution < -0.4 is 9.47 Å².